The summed E-state index contributed by atoms with van der Waals surface area (Å²) in [6, 6.07) is 5.52. The minimum atomic E-state index is -0.191. The average Bonchev–Trinajstić information content (AvgIpc) is 3.08. The van der Waals surface area contributed by atoms with Crippen LogP contribution in [0.3, 0.4) is 0 Å². The topological polar surface area (TPSA) is 74.5 Å². The van der Waals surface area contributed by atoms with E-state index in [1.165, 1.54) is 11.8 Å². The molecule has 0 aromatic carbocycles. The predicted molar refractivity (Wildman–Crippen MR) is 109 cm³/mol. The first-order chi connectivity index (χ1) is 12.9. The van der Waals surface area contributed by atoms with Crippen molar-refractivity contribution < 1.29 is 9.21 Å². The number of aryl methyl sites for hydroxylation is 1. The lowest BCUT2D eigenvalue weighted by Gasteiger charge is -2.17. The molecule has 0 aliphatic carbocycles. The smallest absolute Gasteiger partial charge is 0.287 e. The van der Waals surface area contributed by atoms with E-state index in [1.807, 2.05) is 45.1 Å². The van der Waals surface area contributed by atoms with E-state index in [-0.39, 0.29) is 5.91 Å². The Bertz CT molecular complexity index is 747. The summed E-state index contributed by atoms with van der Waals surface area (Å²) in [7, 11) is 5.97. The molecule has 148 valence electrons. The molecule has 1 N–H and O–H groups in total. The lowest BCUT2D eigenvalue weighted by atomic mass is 10.4. The molecule has 2 aromatic heterocycles. The minimum absolute atomic E-state index is 0.191. The Kier molecular flexibility index (Phi) is 8.12. The van der Waals surface area contributed by atoms with Crippen molar-refractivity contribution in [2.24, 2.45) is 0 Å². The summed E-state index contributed by atoms with van der Waals surface area (Å²) in [6.07, 6.45) is 1.06. The summed E-state index contributed by atoms with van der Waals surface area (Å²) in [4.78, 5) is 25.3. The molecule has 2 rings (SSSR count). The largest absolute Gasteiger partial charge is 0.455 e. The maximum Gasteiger partial charge on any atom is 0.287 e. The van der Waals surface area contributed by atoms with Gasteiger partial charge in [0.15, 0.2) is 10.9 Å². The van der Waals surface area contributed by atoms with E-state index < -0.39 is 0 Å². The second-order valence-corrected chi connectivity index (χ2v) is 7.63. The lowest BCUT2D eigenvalue weighted by molar-refractivity contribution is 0.0922. The number of hydrogen-bond acceptors (Lipinski definition) is 7. The predicted octanol–water partition coefficient (Wildman–Crippen LogP) is 2.81. The molecule has 7 nitrogen and oxygen atoms in total. The number of likely N-dealkylation sites (N-methyl/N-ethyl adjacent to an activating group) is 1. The van der Waals surface area contributed by atoms with Crippen LogP contribution in [0.15, 0.2) is 27.8 Å². The molecule has 0 saturated carbocycles. The maximum atomic E-state index is 12.1. The van der Waals surface area contributed by atoms with Gasteiger partial charge in [-0.1, -0.05) is 18.7 Å². The molecule has 0 unspecified atom stereocenters. The number of furan rings is 1. The first-order valence-corrected chi connectivity index (χ1v) is 10.1. The van der Waals surface area contributed by atoms with E-state index in [1.54, 1.807) is 6.07 Å². The van der Waals surface area contributed by atoms with E-state index in [0.29, 0.717) is 23.2 Å². The first kappa shape index (κ1) is 21.2. The Morgan fingerprint density at radius 3 is 2.70 bits per heavy atom. The van der Waals surface area contributed by atoms with Crippen LogP contribution < -0.4 is 10.2 Å². The second kappa shape index (κ2) is 10.3. The van der Waals surface area contributed by atoms with Crippen LogP contribution in [-0.4, -0.2) is 61.6 Å². The van der Waals surface area contributed by atoms with Gasteiger partial charge in [0.1, 0.15) is 11.6 Å². The van der Waals surface area contributed by atoms with E-state index in [0.717, 1.165) is 36.8 Å². The zero-order valence-electron chi connectivity index (χ0n) is 16.8. The van der Waals surface area contributed by atoms with Crippen LogP contribution in [-0.2, 0) is 5.75 Å². The number of anilines is 1. The molecule has 0 radical (unpaired) electrons. The summed E-state index contributed by atoms with van der Waals surface area (Å²) in [5.74, 6) is 2.37. The summed E-state index contributed by atoms with van der Waals surface area (Å²) in [5.41, 5.74) is 0.936. The van der Waals surface area contributed by atoms with Crippen molar-refractivity contribution in [3.8, 4) is 0 Å². The Balaban J connectivity index is 1.93. The molecule has 27 heavy (non-hydrogen) atoms. The Morgan fingerprint density at radius 2 is 2.00 bits per heavy atom. The number of thioether (sulfide) groups is 1. The third-order valence-corrected chi connectivity index (χ3v) is 4.71. The first-order valence-electron chi connectivity index (χ1n) is 9.10. The highest BCUT2D eigenvalue weighted by Gasteiger charge is 2.12. The number of hydrogen-bond donors (Lipinski definition) is 1. The number of rotatable bonds is 10. The van der Waals surface area contributed by atoms with Gasteiger partial charge in [0.05, 0.1) is 5.75 Å². The molecule has 0 fully saturated rings. The fourth-order valence-corrected chi connectivity index (χ4v) is 3.22. The molecule has 0 atom stereocenters. The summed E-state index contributed by atoms with van der Waals surface area (Å²) >= 11 is 1.50. The van der Waals surface area contributed by atoms with Gasteiger partial charge in [-0.2, -0.15) is 0 Å². The summed E-state index contributed by atoms with van der Waals surface area (Å²) in [5, 5.41) is 3.55. The van der Waals surface area contributed by atoms with Crippen LogP contribution in [0.1, 0.15) is 35.4 Å². The van der Waals surface area contributed by atoms with Gasteiger partial charge in [0.2, 0.25) is 0 Å². The third kappa shape index (κ3) is 6.88. The van der Waals surface area contributed by atoms with Crippen LogP contribution in [0, 0.1) is 6.92 Å². The van der Waals surface area contributed by atoms with Gasteiger partial charge in [-0.05, 0) is 39.6 Å². The Labute approximate surface area is 165 Å². The van der Waals surface area contributed by atoms with Crippen molar-refractivity contribution in [3.63, 3.8) is 0 Å². The highest BCUT2D eigenvalue weighted by atomic mass is 32.2. The molecule has 0 aliphatic rings. The van der Waals surface area contributed by atoms with Crippen LogP contribution in [0.5, 0.6) is 0 Å². The van der Waals surface area contributed by atoms with E-state index >= 15 is 0 Å². The Hall–Kier alpha value is -2.06. The van der Waals surface area contributed by atoms with Crippen LogP contribution in [0.4, 0.5) is 5.82 Å². The number of amides is 1. The number of carbonyl (C=O) groups is 1. The average molecular weight is 392 g/mol. The number of carbonyl (C=O) groups excluding carboxylic acids is 1. The number of aromatic nitrogens is 2. The van der Waals surface area contributed by atoms with Crippen LogP contribution in [0.2, 0.25) is 0 Å². The summed E-state index contributed by atoms with van der Waals surface area (Å²) in [6.45, 7) is 6.44. The van der Waals surface area contributed by atoms with Gasteiger partial charge in [0.25, 0.3) is 5.91 Å². The zero-order valence-corrected chi connectivity index (χ0v) is 17.6. The monoisotopic (exact) mass is 391 g/mol. The third-order valence-electron chi connectivity index (χ3n) is 3.84. The van der Waals surface area contributed by atoms with Gasteiger partial charge in [0, 0.05) is 38.4 Å². The SMILES string of the molecule is CCCN(C)c1cc(C)nc(SCc2ccc(C(=O)NCCN(C)C)o2)n1. The standard InChI is InChI=1S/C19H29N5O2S/c1-6-10-24(5)17-12-14(2)21-19(22-17)27-13-15-7-8-16(26-15)18(25)20-9-11-23(3)4/h7-8,12H,6,9-11,13H2,1-5H3,(H,20,25). The summed E-state index contributed by atoms with van der Waals surface area (Å²) < 4.78 is 5.66. The molecule has 0 aliphatic heterocycles. The highest BCUT2D eigenvalue weighted by molar-refractivity contribution is 7.98. The highest BCUT2D eigenvalue weighted by Crippen LogP contribution is 2.23. The second-order valence-electron chi connectivity index (χ2n) is 6.69. The van der Waals surface area contributed by atoms with Gasteiger partial charge < -0.3 is 19.5 Å². The zero-order chi connectivity index (χ0) is 19.8. The van der Waals surface area contributed by atoms with Gasteiger partial charge in [-0.15, -0.1) is 0 Å². The molecule has 1 amide bonds. The van der Waals surface area contributed by atoms with Crippen molar-refractivity contribution in [2.75, 3.05) is 45.7 Å². The van der Waals surface area contributed by atoms with E-state index in [4.69, 9.17) is 4.42 Å². The molecule has 2 aromatic rings. The van der Waals surface area contributed by atoms with E-state index in [2.05, 4.69) is 27.1 Å². The van der Waals surface area contributed by atoms with Gasteiger partial charge >= 0.3 is 0 Å². The lowest BCUT2D eigenvalue weighted by Crippen LogP contribution is -2.31. The van der Waals surface area contributed by atoms with Crippen molar-refractivity contribution in [3.05, 3.63) is 35.4 Å². The van der Waals surface area contributed by atoms with Crippen molar-refractivity contribution in [1.82, 2.24) is 20.2 Å². The Morgan fingerprint density at radius 1 is 1.22 bits per heavy atom. The molecule has 8 heteroatoms. The van der Waals surface area contributed by atoms with Gasteiger partial charge in [-0.3, -0.25) is 4.79 Å². The normalized spacial score (nSPS) is 11.0. The fourth-order valence-electron chi connectivity index (χ4n) is 2.43. The van der Waals surface area contributed by atoms with Gasteiger partial charge in [-0.25, -0.2) is 9.97 Å². The van der Waals surface area contributed by atoms with Crippen molar-refractivity contribution in [1.29, 1.82) is 0 Å². The molecule has 0 bridgehead atoms. The van der Waals surface area contributed by atoms with Crippen LogP contribution in [0.25, 0.3) is 0 Å². The molecule has 2 heterocycles. The minimum Gasteiger partial charge on any atom is -0.455 e. The van der Waals surface area contributed by atoms with Crippen molar-refractivity contribution in [2.45, 2.75) is 31.2 Å². The number of nitrogens with zero attached hydrogens (tertiary/aromatic N) is 4. The maximum absolute atomic E-state index is 12.1. The fraction of sp³-hybridized carbons (Fsp3) is 0.526. The van der Waals surface area contributed by atoms with E-state index in [9.17, 15) is 4.79 Å². The number of nitrogens with one attached hydrogen (secondary N) is 1. The molecular formula is C19H29N5O2S. The van der Waals surface area contributed by atoms with Crippen LogP contribution >= 0.6 is 11.8 Å². The molecular weight excluding hydrogens is 362 g/mol. The van der Waals surface area contributed by atoms with Crippen molar-refractivity contribution >= 4 is 23.5 Å². The molecule has 0 spiro atoms. The molecule has 0 saturated heterocycles. The quantitative estimate of drug-likeness (QED) is 0.493.